The zero-order chi connectivity index (χ0) is 35.1. The Hall–Kier alpha value is -5.08. The number of hydrogen-bond acceptors (Lipinski definition) is 13. The van der Waals surface area contributed by atoms with Crippen LogP contribution in [0.25, 0.3) is 11.4 Å². The molecule has 2 spiro atoms. The number of nitriles is 1. The molecular formula is C34H38N12O4S. The van der Waals surface area contributed by atoms with Crippen LogP contribution < -0.4 is 26.5 Å². The van der Waals surface area contributed by atoms with Crippen LogP contribution in [0.15, 0.2) is 21.7 Å². The maximum Gasteiger partial charge on any atom is 0.351 e. The normalized spacial score (nSPS) is 25.8. The fourth-order valence-electron chi connectivity index (χ4n) is 9.31. The molecule has 4 aromatic rings. The molecule has 4 N–H and O–H groups in total. The van der Waals surface area contributed by atoms with Gasteiger partial charge >= 0.3 is 11.7 Å². The number of carbonyl (C=O) groups excluding carboxylic acids is 2. The van der Waals surface area contributed by atoms with Gasteiger partial charge in [0.2, 0.25) is 11.9 Å². The SMILES string of the molecule is C[C@H]1CNCCN1c1nc(-c2noc3c2CCC[C@@]32CCCc3sc(N)c(C#N)c32)cc(N2CC3(CCCN3C(=O)n3cn[nH]c3=O)CC2=O)n1. The number of aromatic nitrogens is 6. The fraction of sp³-hybridized carbons (Fsp3) is 0.529. The minimum Gasteiger partial charge on any atom is -0.389 e. The summed E-state index contributed by atoms with van der Waals surface area (Å²) >= 11 is 1.51. The number of piperazine rings is 1. The van der Waals surface area contributed by atoms with Crippen LogP contribution >= 0.6 is 11.3 Å². The topological polar surface area (TPSA) is 208 Å². The molecule has 3 atom stereocenters. The number of likely N-dealkylation sites (tertiary alicyclic amines) is 1. The Balaban J connectivity index is 1.14. The molecule has 5 aliphatic rings. The molecule has 3 saturated heterocycles. The van der Waals surface area contributed by atoms with Gasteiger partial charge in [-0.15, -0.1) is 11.3 Å². The number of anilines is 3. The molecule has 0 radical (unpaired) electrons. The minimum absolute atomic E-state index is 0.0993. The summed E-state index contributed by atoms with van der Waals surface area (Å²) in [6, 6.07) is 3.79. The molecule has 16 nitrogen and oxygen atoms in total. The predicted molar refractivity (Wildman–Crippen MR) is 187 cm³/mol. The van der Waals surface area contributed by atoms with Crippen LogP contribution in [-0.4, -0.2) is 91.0 Å². The van der Waals surface area contributed by atoms with E-state index in [4.69, 9.17) is 20.2 Å². The van der Waals surface area contributed by atoms with Crippen molar-refractivity contribution < 1.29 is 14.1 Å². The molecule has 2 amide bonds. The van der Waals surface area contributed by atoms with Crippen molar-refractivity contribution in [3.05, 3.63) is 50.2 Å². The number of H-pyrrole nitrogens is 1. The maximum atomic E-state index is 14.0. The monoisotopic (exact) mass is 710 g/mol. The van der Waals surface area contributed by atoms with Gasteiger partial charge in [-0.2, -0.15) is 15.3 Å². The Kier molecular flexibility index (Phi) is 7.33. The molecule has 17 heteroatoms. The van der Waals surface area contributed by atoms with Gasteiger partial charge in [0.1, 0.15) is 34.6 Å². The van der Waals surface area contributed by atoms with Crippen LogP contribution in [0.5, 0.6) is 0 Å². The van der Waals surface area contributed by atoms with Crippen molar-refractivity contribution in [3.63, 3.8) is 0 Å². The number of thiophene rings is 1. The van der Waals surface area contributed by atoms with Crippen LogP contribution in [0.2, 0.25) is 0 Å². The van der Waals surface area contributed by atoms with Crippen molar-refractivity contribution in [2.45, 2.75) is 81.7 Å². The fourth-order valence-corrected chi connectivity index (χ4v) is 10.5. The quantitative estimate of drug-likeness (QED) is 0.280. The van der Waals surface area contributed by atoms with E-state index in [1.165, 1.54) is 17.7 Å². The average molecular weight is 711 g/mol. The molecule has 3 aliphatic heterocycles. The summed E-state index contributed by atoms with van der Waals surface area (Å²) in [5, 5.41) is 24.8. The van der Waals surface area contributed by atoms with Crippen LogP contribution in [0.3, 0.4) is 0 Å². The number of aromatic amines is 1. The number of amides is 2. The second-order valence-electron chi connectivity index (χ2n) is 14.5. The number of rotatable bonds is 3. The molecule has 9 rings (SSSR count). The number of hydrogen-bond donors (Lipinski definition) is 3. The maximum absolute atomic E-state index is 14.0. The lowest BCUT2D eigenvalue weighted by molar-refractivity contribution is -0.117. The molecular weight excluding hydrogens is 673 g/mol. The molecule has 7 heterocycles. The van der Waals surface area contributed by atoms with E-state index in [1.807, 2.05) is 6.07 Å². The number of nitrogens with one attached hydrogen (secondary N) is 2. The smallest absolute Gasteiger partial charge is 0.351 e. The van der Waals surface area contributed by atoms with Crippen molar-refractivity contribution in [1.29, 1.82) is 5.26 Å². The Morgan fingerprint density at radius 1 is 1.16 bits per heavy atom. The van der Waals surface area contributed by atoms with E-state index in [9.17, 15) is 19.6 Å². The summed E-state index contributed by atoms with van der Waals surface area (Å²) in [4.78, 5) is 56.5. The predicted octanol–water partition coefficient (Wildman–Crippen LogP) is 2.53. The highest BCUT2D eigenvalue weighted by atomic mass is 32.1. The average Bonchev–Trinajstić information content (AvgIpc) is 3.96. The molecule has 1 unspecified atom stereocenters. The lowest BCUT2D eigenvalue weighted by Gasteiger charge is -2.39. The van der Waals surface area contributed by atoms with Gasteiger partial charge < -0.3 is 25.4 Å². The molecule has 4 aromatic heterocycles. The number of nitrogens with two attached hydrogens (primary N) is 1. The lowest BCUT2D eigenvalue weighted by Crippen LogP contribution is -2.52. The first kappa shape index (κ1) is 31.9. The van der Waals surface area contributed by atoms with Crippen LogP contribution in [-0.2, 0) is 23.1 Å². The summed E-state index contributed by atoms with van der Waals surface area (Å²) in [5.74, 6) is 1.55. The Morgan fingerprint density at radius 3 is 2.78 bits per heavy atom. The summed E-state index contributed by atoms with van der Waals surface area (Å²) in [7, 11) is 0. The first-order valence-electron chi connectivity index (χ1n) is 17.6. The van der Waals surface area contributed by atoms with E-state index in [2.05, 4.69) is 38.6 Å². The van der Waals surface area contributed by atoms with Crippen molar-refractivity contribution in [3.8, 4) is 17.5 Å². The van der Waals surface area contributed by atoms with Gasteiger partial charge in [-0.1, -0.05) is 5.16 Å². The van der Waals surface area contributed by atoms with Crippen molar-refractivity contribution >= 4 is 40.0 Å². The van der Waals surface area contributed by atoms with Gasteiger partial charge in [0.25, 0.3) is 0 Å². The van der Waals surface area contributed by atoms with Crippen molar-refractivity contribution in [2.24, 2.45) is 0 Å². The zero-order valence-electron chi connectivity index (χ0n) is 28.3. The van der Waals surface area contributed by atoms with E-state index in [0.717, 1.165) is 77.9 Å². The summed E-state index contributed by atoms with van der Waals surface area (Å²) < 4.78 is 7.27. The minimum atomic E-state index is -0.794. The Labute approximate surface area is 296 Å². The summed E-state index contributed by atoms with van der Waals surface area (Å²) in [6.07, 6.45) is 7.77. The van der Waals surface area contributed by atoms with E-state index >= 15 is 0 Å². The van der Waals surface area contributed by atoms with E-state index in [-0.39, 0.29) is 24.9 Å². The highest BCUT2D eigenvalue weighted by Gasteiger charge is 2.53. The number of carbonyl (C=O) groups is 2. The Morgan fingerprint density at radius 2 is 2.00 bits per heavy atom. The van der Waals surface area contributed by atoms with Crippen molar-refractivity contribution in [2.75, 3.05) is 48.3 Å². The van der Waals surface area contributed by atoms with Crippen LogP contribution in [0, 0.1) is 11.3 Å². The molecule has 0 bridgehead atoms. The molecule has 2 aliphatic carbocycles. The number of aryl methyl sites for hydroxylation is 1. The van der Waals surface area contributed by atoms with Gasteiger partial charge in [-0.05, 0) is 63.9 Å². The van der Waals surface area contributed by atoms with E-state index in [1.54, 1.807) is 9.80 Å². The van der Waals surface area contributed by atoms with Gasteiger partial charge in [0, 0.05) is 48.7 Å². The van der Waals surface area contributed by atoms with E-state index in [0.29, 0.717) is 59.6 Å². The highest BCUT2D eigenvalue weighted by molar-refractivity contribution is 7.16. The third-order valence-electron chi connectivity index (χ3n) is 11.7. The third-order valence-corrected chi connectivity index (χ3v) is 12.7. The lowest BCUT2D eigenvalue weighted by atomic mass is 9.63. The molecule has 3 fully saturated rings. The second kappa shape index (κ2) is 11.7. The largest absolute Gasteiger partial charge is 0.389 e. The van der Waals surface area contributed by atoms with Gasteiger partial charge in [-0.3, -0.25) is 9.69 Å². The standard InChI is InChI=1S/C34H38N12O4S/c1-19-16-37-10-12-43(19)30-39-22(27-20-5-2-8-34(28(20)50-42-27)9-3-6-23-26(34)21(15-35)29(36)51-23)13-24(40-30)44-17-33(14-25(44)47)7-4-11-46(33)32(49)45-18-38-41-31(45)48/h13,18-19,37H,2-12,14,16-17,36H2,1H3,(H,41,48)/t19-,33?,34-/m0/s1. The molecule has 51 heavy (non-hydrogen) atoms. The highest BCUT2D eigenvalue weighted by Crippen LogP contribution is 2.55. The summed E-state index contributed by atoms with van der Waals surface area (Å²) in [6.45, 7) is 4.97. The van der Waals surface area contributed by atoms with E-state index < -0.39 is 22.7 Å². The van der Waals surface area contributed by atoms with Crippen LogP contribution in [0.4, 0.5) is 21.6 Å². The molecule has 264 valence electrons. The third kappa shape index (κ3) is 4.75. The van der Waals surface area contributed by atoms with Gasteiger partial charge in [0.15, 0.2) is 5.76 Å². The molecule has 0 aromatic carbocycles. The summed E-state index contributed by atoms with van der Waals surface area (Å²) in [5.41, 5.74) is 8.17. The first-order chi connectivity index (χ1) is 24.7. The number of fused-ring (bicyclic) bond motifs is 4. The number of nitrogens with zero attached hydrogens (tertiary/aromatic N) is 9. The van der Waals surface area contributed by atoms with Crippen LogP contribution in [0.1, 0.15) is 79.2 Å². The Bertz CT molecular complexity index is 2180. The molecule has 0 saturated carbocycles. The number of nitrogen functional groups attached to an aromatic ring is 1. The van der Waals surface area contributed by atoms with Gasteiger partial charge in [0.05, 0.1) is 29.5 Å². The zero-order valence-corrected chi connectivity index (χ0v) is 29.1. The first-order valence-corrected chi connectivity index (χ1v) is 18.5. The van der Waals surface area contributed by atoms with Gasteiger partial charge in [-0.25, -0.2) is 24.2 Å². The second-order valence-corrected chi connectivity index (χ2v) is 15.6. The van der Waals surface area contributed by atoms with Crippen molar-refractivity contribution in [1.82, 2.24) is 40.1 Å².